The minimum absolute atomic E-state index is 0.104. The molecule has 0 rings (SSSR count). The Morgan fingerprint density at radius 3 is 0.800 bits per heavy atom. The van der Waals surface area contributed by atoms with Crippen molar-refractivity contribution in [1.82, 2.24) is 0 Å². The summed E-state index contributed by atoms with van der Waals surface area (Å²) in [6.07, 6.45) is 54.6. The van der Waals surface area contributed by atoms with E-state index in [4.69, 9.17) is 0 Å². The fraction of sp³-hybridized carbons (Fsp3) is 0.979. The van der Waals surface area contributed by atoms with Crippen LogP contribution >= 0.6 is 0 Å². The zero-order chi connectivity index (χ0) is 36.6. The van der Waals surface area contributed by atoms with Gasteiger partial charge in [-0.2, -0.15) is 0 Å². The number of hydrogen-bond donors (Lipinski definition) is 1. The summed E-state index contributed by atoms with van der Waals surface area (Å²) in [4.78, 5) is 11.8. The maximum absolute atomic E-state index is 11.8. The van der Waals surface area contributed by atoms with Crippen LogP contribution in [0, 0.1) is 17.8 Å². The monoisotopic (exact) mass is 705 g/mol. The third kappa shape index (κ3) is 35.9. The smallest absolute Gasteiger partial charge is 0.306 e. The molecule has 0 aromatic carbocycles. The lowest BCUT2D eigenvalue weighted by Crippen LogP contribution is -2.13. The van der Waals surface area contributed by atoms with Crippen molar-refractivity contribution in [2.24, 2.45) is 17.8 Å². The Morgan fingerprint density at radius 2 is 0.540 bits per heavy atom. The first-order chi connectivity index (χ1) is 24.6. The first-order valence-electron chi connectivity index (χ1n) is 23.8. The van der Waals surface area contributed by atoms with Crippen molar-refractivity contribution >= 4 is 5.97 Å². The van der Waals surface area contributed by atoms with Crippen molar-refractivity contribution in [2.75, 3.05) is 0 Å². The summed E-state index contributed by atoms with van der Waals surface area (Å²) in [5.74, 6) is 1.30. The molecule has 0 spiro atoms. The summed E-state index contributed by atoms with van der Waals surface area (Å²) >= 11 is 0. The Kier molecular flexibility index (Phi) is 40.8. The molecule has 0 aliphatic rings. The van der Waals surface area contributed by atoms with Gasteiger partial charge in [0.15, 0.2) is 0 Å². The standard InChI is InChI=1S/C48H96O2/c1-5-9-13-16-19-24-29-35-41-46(40-33-28-18-15-11-7-3)44-45(38-12-8-4)39-34-30-25-22-21-23-27-32-37-43-47(48(49)50)42-36-31-26-20-17-14-10-6-2/h45-47H,5-44H2,1-4H3,(H,49,50). The molecule has 3 unspecified atom stereocenters. The van der Waals surface area contributed by atoms with Crippen LogP contribution in [0.15, 0.2) is 0 Å². The molecule has 0 heterocycles. The fourth-order valence-electron chi connectivity index (χ4n) is 8.48. The van der Waals surface area contributed by atoms with Gasteiger partial charge in [-0.1, -0.05) is 265 Å². The second kappa shape index (κ2) is 41.2. The van der Waals surface area contributed by atoms with Crippen molar-refractivity contribution in [3.05, 3.63) is 0 Å². The van der Waals surface area contributed by atoms with Gasteiger partial charge in [0.25, 0.3) is 0 Å². The van der Waals surface area contributed by atoms with Gasteiger partial charge in [-0.3, -0.25) is 4.79 Å². The molecule has 2 heteroatoms. The number of carboxylic acid groups (broad SMARTS) is 1. The highest BCUT2D eigenvalue weighted by Gasteiger charge is 2.17. The van der Waals surface area contributed by atoms with Crippen LogP contribution in [0.2, 0.25) is 0 Å². The van der Waals surface area contributed by atoms with Crippen LogP contribution in [0.1, 0.15) is 285 Å². The molecule has 0 saturated carbocycles. The third-order valence-electron chi connectivity index (χ3n) is 12.0. The van der Waals surface area contributed by atoms with Crippen LogP contribution in [0.25, 0.3) is 0 Å². The summed E-state index contributed by atoms with van der Waals surface area (Å²) in [6.45, 7) is 9.30. The van der Waals surface area contributed by atoms with E-state index in [1.165, 1.54) is 231 Å². The lowest BCUT2D eigenvalue weighted by molar-refractivity contribution is -0.142. The van der Waals surface area contributed by atoms with Crippen LogP contribution in [0.3, 0.4) is 0 Å². The molecule has 3 atom stereocenters. The molecule has 0 aliphatic carbocycles. The molecule has 0 radical (unpaired) electrons. The number of carboxylic acids is 1. The van der Waals surface area contributed by atoms with E-state index in [0.29, 0.717) is 0 Å². The second-order valence-corrected chi connectivity index (χ2v) is 17.0. The molecule has 0 aromatic rings. The quantitative estimate of drug-likeness (QED) is 0.0642. The molecule has 0 amide bonds. The van der Waals surface area contributed by atoms with Crippen molar-refractivity contribution in [3.8, 4) is 0 Å². The lowest BCUT2D eigenvalue weighted by atomic mass is 9.82. The maximum Gasteiger partial charge on any atom is 0.306 e. The minimum atomic E-state index is -0.554. The van der Waals surface area contributed by atoms with E-state index in [0.717, 1.165) is 37.5 Å². The summed E-state index contributed by atoms with van der Waals surface area (Å²) in [5, 5.41) is 9.68. The van der Waals surface area contributed by atoms with Gasteiger partial charge in [0.1, 0.15) is 0 Å². The van der Waals surface area contributed by atoms with Gasteiger partial charge in [-0.25, -0.2) is 0 Å². The first-order valence-corrected chi connectivity index (χ1v) is 23.8. The van der Waals surface area contributed by atoms with E-state index >= 15 is 0 Å². The van der Waals surface area contributed by atoms with E-state index in [-0.39, 0.29) is 5.92 Å². The van der Waals surface area contributed by atoms with E-state index < -0.39 is 5.97 Å². The summed E-state index contributed by atoms with van der Waals surface area (Å²) in [5.41, 5.74) is 0. The topological polar surface area (TPSA) is 37.3 Å². The van der Waals surface area contributed by atoms with Crippen LogP contribution in [-0.2, 0) is 4.79 Å². The molecule has 1 N–H and O–H groups in total. The number of rotatable bonds is 43. The van der Waals surface area contributed by atoms with Crippen LogP contribution in [0.4, 0.5) is 0 Å². The maximum atomic E-state index is 11.8. The average Bonchev–Trinajstić information content (AvgIpc) is 3.11. The van der Waals surface area contributed by atoms with Crippen molar-refractivity contribution in [1.29, 1.82) is 0 Å². The minimum Gasteiger partial charge on any atom is -0.481 e. The van der Waals surface area contributed by atoms with Crippen molar-refractivity contribution in [3.63, 3.8) is 0 Å². The van der Waals surface area contributed by atoms with Gasteiger partial charge in [-0.15, -0.1) is 0 Å². The number of carbonyl (C=O) groups is 1. The molecular weight excluding hydrogens is 609 g/mol. The Hall–Kier alpha value is -0.530. The number of aliphatic carboxylic acids is 1. The largest absolute Gasteiger partial charge is 0.481 e. The zero-order valence-corrected chi connectivity index (χ0v) is 35.4. The SMILES string of the molecule is CCCCCCCCCCC(CCCCCCCC)CC(CCCC)CCCCCCCCCCCC(CCCCCCCCCC)C(=O)O. The fourth-order valence-corrected chi connectivity index (χ4v) is 8.48. The zero-order valence-electron chi connectivity index (χ0n) is 35.4. The van der Waals surface area contributed by atoms with Gasteiger partial charge >= 0.3 is 5.97 Å². The molecule has 2 nitrogen and oxygen atoms in total. The predicted octanol–water partition coefficient (Wildman–Crippen LogP) is 17.6. The molecule has 0 aromatic heterocycles. The molecule has 0 saturated heterocycles. The van der Waals surface area contributed by atoms with Crippen LogP contribution < -0.4 is 0 Å². The first kappa shape index (κ1) is 49.5. The third-order valence-corrected chi connectivity index (χ3v) is 12.0. The molecule has 300 valence electrons. The number of unbranched alkanes of at least 4 members (excludes halogenated alkanes) is 28. The summed E-state index contributed by atoms with van der Waals surface area (Å²) in [7, 11) is 0. The molecule has 50 heavy (non-hydrogen) atoms. The Balaban J connectivity index is 4.22. The Labute approximate surface area is 317 Å². The van der Waals surface area contributed by atoms with Crippen LogP contribution in [-0.4, -0.2) is 11.1 Å². The van der Waals surface area contributed by atoms with E-state index in [9.17, 15) is 9.90 Å². The van der Waals surface area contributed by atoms with Crippen molar-refractivity contribution < 1.29 is 9.90 Å². The molecule has 0 fully saturated rings. The number of hydrogen-bond acceptors (Lipinski definition) is 1. The Bertz CT molecular complexity index is 644. The van der Waals surface area contributed by atoms with Gasteiger partial charge < -0.3 is 5.11 Å². The van der Waals surface area contributed by atoms with E-state index in [1.807, 2.05) is 0 Å². The van der Waals surface area contributed by atoms with Crippen molar-refractivity contribution in [2.45, 2.75) is 285 Å². The van der Waals surface area contributed by atoms with E-state index in [1.54, 1.807) is 0 Å². The summed E-state index contributed by atoms with van der Waals surface area (Å²) < 4.78 is 0. The van der Waals surface area contributed by atoms with Crippen LogP contribution in [0.5, 0.6) is 0 Å². The second-order valence-electron chi connectivity index (χ2n) is 17.0. The predicted molar refractivity (Wildman–Crippen MR) is 225 cm³/mol. The van der Waals surface area contributed by atoms with Gasteiger partial charge in [0.05, 0.1) is 5.92 Å². The molecule has 0 aliphatic heterocycles. The van der Waals surface area contributed by atoms with Gasteiger partial charge in [-0.05, 0) is 31.1 Å². The lowest BCUT2D eigenvalue weighted by Gasteiger charge is -2.24. The summed E-state index contributed by atoms with van der Waals surface area (Å²) in [6, 6.07) is 0. The highest BCUT2D eigenvalue weighted by atomic mass is 16.4. The van der Waals surface area contributed by atoms with E-state index in [2.05, 4.69) is 27.7 Å². The molecular formula is C48H96O2. The Morgan fingerprint density at radius 1 is 0.320 bits per heavy atom. The van der Waals surface area contributed by atoms with Gasteiger partial charge in [0.2, 0.25) is 0 Å². The normalized spacial score (nSPS) is 13.5. The van der Waals surface area contributed by atoms with Gasteiger partial charge in [0, 0.05) is 0 Å². The average molecular weight is 705 g/mol. The molecule has 0 bridgehead atoms. The highest BCUT2D eigenvalue weighted by Crippen LogP contribution is 2.31. The highest BCUT2D eigenvalue weighted by molar-refractivity contribution is 5.69.